The molecule has 1 saturated carbocycles. The van der Waals surface area contributed by atoms with Crippen molar-refractivity contribution in [3.8, 4) is 5.75 Å². The lowest BCUT2D eigenvalue weighted by Gasteiger charge is -2.16. The summed E-state index contributed by atoms with van der Waals surface area (Å²) in [7, 11) is 0. The van der Waals surface area contributed by atoms with Crippen LogP contribution in [0.5, 0.6) is 5.75 Å². The van der Waals surface area contributed by atoms with Gasteiger partial charge in [0.25, 0.3) is 0 Å². The first-order valence-corrected chi connectivity index (χ1v) is 7.73. The highest BCUT2D eigenvalue weighted by atomic mass is 16.5. The molecule has 19 heavy (non-hydrogen) atoms. The van der Waals surface area contributed by atoms with Gasteiger partial charge in [0.2, 0.25) is 0 Å². The molecule has 2 heteroatoms. The first kappa shape index (κ1) is 14.4. The molecule has 0 radical (unpaired) electrons. The molecule has 0 spiro atoms. The van der Waals surface area contributed by atoms with Crippen molar-refractivity contribution in [1.82, 2.24) is 5.32 Å². The van der Waals surface area contributed by atoms with Crippen LogP contribution >= 0.6 is 0 Å². The summed E-state index contributed by atoms with van der Waals surface area (Å²) in [5, 5.41) is 3.70. The molecule has 0 aliphatic heterocycles. The second-order valence-corrected chi connectivity index (χ2v) is 5.88. The molecule has 0 unspecified atom stereocenters. The summed E-state index contributed by atoms with van der Waals surface area (Å²) in [6.45, 7) is 5.09. The van der Waals surface area contributed by atoms with Crippen molar-refractivity contribution in [3.63, 3.8) is 0 Å². The lowest BCUT2D eigenvalue weighted by Crippen LogP contribution is -2.27. The lowest BCUT2D eigenvalue weighted by atomic mass is 10.1. The summed E-state index contributed by atoms with van der Waals surface area (Å²) in [5.74, 6) is 0.966. The number of hydrogen-bond acceptors (Lipinski definition) is 2. The predicted octanol–water partition coefficient (Wildman–Crippen LogP) is 4.29. The van der Waals surface area contributed by atoms with E-state index in [4.69, 9.17) is 4.74 Å². The van der Waals surface area contributed by atoms with Gasteiger partial charge in [-0.05, 0) is 44.4 Å². The van der Waals surface area contributed by atoms with Gasteiger partial charge in [-0.3, -0.25) is 0 Å². The van der Waals surface area contributed by atoms with Crippen molar-refractivity contribution < 1.29 is 4.74 Å². The van der Waals surface area contributed by atoms with Crippen LogP contribution in [0, 0.1) is 0 Å². The second kappa shape index (κ2) is 7.54. The highest BCUT2D eigenvalue weighted by molar-refractivity contribution is 5.27. The standard InChI is InChI=1S/C17H27NO/c1-14(2)19-17-11-9-15(10-12-17)13-18-16-7-5-3-4-6-8-16/h9-12,14,16,18H,3-8,13H2,1-2H3. The largest absolute Gasteiger partial charge is 0.491 e. The molecule has 0 saturated heterocycles. The van der Waals surface area contributed by atoms with Gasteiger partial charge < -0.3 is 10.1 Å². The van der Waals surface area contributed by atoms with Gasteiger partial charge in [0.05, 0.1) is 6.10 Å². The minimum absolute atomic E-state index is 0.245. The van der Waals surface area contributed by atoms with Crippen molar-refractivity contribution in [3.05, 3.63) is 29.8 Å². The average molecular weight is 261 g/mol. The van der Waals surface area contributed by atoms with Crippen LogP contribution < -0.4 is 10.1 Å². The van der Waals surface area contributed by atoms with E-state index in [1.165, 1.54) is 44.1 Å². The summed E-state index contributed by atoms with van der Waals surface area (Å²) >= 11 is 0. The predicted molar refractivity (Wildman–Crippen MR) is 80.5 cm³/mol. The zero-order valence-electron chi connectivity index (χ0n) is 12.3. The maximum atomic E-state index is 5.66. The smallest absolute Gasteiger partial charge is 0.119 e. The molecule has 0 heterocycles. The van der Waals surface area contributed by atoms with Gasteiger partial charge >= 0.3 is 0 Å². The number of nitrogens with one attached hydrogen (secondary N) is 1. The van der Waals surface area contributed by atoms with Crippen molar-refractivity contribution in [2.75, 3.05) is 0 Å². The fourth-order valence-corrected chi connectivity index (χ4v) is 2.70. The van der Waals surface area contributed by atoms with E-state index in [-0.39, 0.29) is 6.10 Å². The van der Waals surface area contributed by atoms with Crippen molar-refractivity contribution in [2.24, 2.45) is 0 Å². The third kappa shape index (κ3) is 5.23. The van der Waals surface area contributed by atoms with E-state index in [1.54, 1.807) is 0 Å². The van der Waals surface area contributed by atoms with Crippen LogP contribution in [0.25, 0.3) is 0 Å². The van der Waals surface area contributed by atoms with Crippen LogP contribution in [0.3, 0.4) is 0 Å². The van der Waals surface area contributed by atoms with Gasteiger partial charge in [0.1, 0.15) is 5.75 Å². The Morgan fingerprint density at radius 2 is 1.68 bits per heavy atom. The number of benzene rings is 1. The Morgan fingerprint density at radius 1 is 1.05 bits per heavy atom. The Balaban J connectivity index is 1.78. The highest BCUT2D eigenvalue weighted by Gasteiger charge is 2.11. The first-order valence-electron chi connectivity index (χ1n) is 7.73. The Bertz CT molecular complexity index is 350. The average Bonchev–Trinajstić information content (AvgIpc) is 2.66. The molecule has 1 aromatic carbocycles. The van der Waals surface area contributed by atoms with Crippen molar-refractivity contribution in [2.45, 2.75) is 71.1 Å². The molecule has 2 rings (SSSR count). The van der Waals surface area contributed by atoms with Gasteiger partial charge in [-0.15, -0.1) is 0 Å². The SMILES string of the molecule is CC(C)Oc1ccc(CNC2CCCCCC2)cc1. The molecule has 1 aromatic rings. The topological polar surface area (TPSA) is 21.3 Å². The van der Waals surface area contributed by atoms with Crippen LogP contribution in [-0.4, -0.2) is 12.1 Å². The summed E-state index contributed by atoms with van der Waals surface area (Å²) in [5.41, 5.74) is 1.35. The molecule has 1 aliphatic rings. The number of ether oxygens (including phenoxy) is 1. The molecule has 2 nitrogen and oxygen atoms in total. The Labute approximate surface area is 117 Å². The Morgan fingerprint density at radius 3 is 2.26 bits per heavy atom. The van der Waals surface area contributed by atoms with Crippen LogP contribution in [0.15, 0.2) is 24.3 Å². The van der Waals surface area contributed by atoms with Crippen LogP contribution in [-0.2, 0) is 6.54 Å². The molecule has 0 bridgehead atoms. The maximum Gasteiger partial charge on any atom is 0.119 e. The zero-order chi connectivity index (χ0) is 13.5. The minimum Gasteiger partial charge on any atom is -0.491 e. The molecule has 1 N–H and O–H groups in total. The third-order valence-electron chi connectivity index (χ3n) is 3.75. The Hall–Kier alpha value is -1.02. The lowest BCUT2D eigenvalue weighted by molar-refractivity contribution is 0.242. The quantitative estimate of drug-likeness (QED) is 0.798. The molecular weight excluding hydrogens is 234 g/mol. The third-order valence-corrected chi connectivity index (χ3v) is 3.75. The molecule has 1 fully saturated rings. The minimum atomic E-state index is 0.245. The van der Waals surface area contributed by atoms with E-state index in [2.05, 4.69) is 43.4 Å². The Kier molecular flexibility index (Phi) is 5.71. The van der Waals surface area contributed by atoms with Gasteiger partial charge in [-0.2, -0.15) is 0 Å². The van der Waals surface area contributed by atoms with E-state index in [0.29, 0.717) is 6.04 Å². The zero-order valence-corrected chi connectivity index (χ0v) is 12.3. The normalized spacial score (nSPS) is 17.4. The summed E-state index contributed by atoms with van der Waals surface area (Å²) in [4.78, 5) is 0. The first-order chi connectivity index (χ1) is 9.24. The van der Waals surface area contributed by atoms with Crippen LogP contribution in [0.1, 0.15) is 57.9 Å². The molecule has 0 aromatic heterocycles. The van der Waals surface area contributed by atoms with Gasteiger partial charge in [0, 0.05) is 12.6 Å². The van der Waals surface area contributed by atoms with Gasteiger partial charge in [0.15, 0.2) is 0 Å². The van der Waals surface area contributed by atoms with E-state index in [9.17, 15) is 0 Å². The van der Waals surface area contributed by atoms with Crippen molar-refractivity contribution >= 4 is 0 Å². The fourth-order valence-electron chi connectivity index (χ4n) is 2.70. The number of hydrogen-bond donors (Lipinski definition) is 1. The second-order valence-electron chi connectivity index (χ2n) is 5.88. The van der Waals surface area contributed by atoms with Gasteiger partial charge in [-0.1, -0.05) is 37.8 Å². The van der Waals surface area contributed by atoms with Crippen LogP contribution in [0.2, 0.25) is 0 Å². The maximum absolute atomic E-state index is 5.66. The van der Waals surface area contributed by atoms with E-state index in [0.717, 1.165) is 12.3 Å². The summed E-state index contributed by atoms with van der Waals surface area (Å²) in [6, 6.07) is 9.20. The van der Waals surface area contributed by atoms with E-state index in [1.807, 2.05) is 0 Å². The molecule has 1 aliphatic carbocycles. The fraction of sp³-hybridized carbons (Fsp3) is 0.647. The molecular formula is C17H27NO. The summed E-state index contributed by atoms with van der Waals surface area (Å²) in [6.07, 6.45) is 8.54. The monoisotopic (exact) mass is 261 g/mol. The van der Waals surface area contributed by atoms with Crippen molar-refractivity contribution in [1.29, 1.82) is 0 Å². The molecule has 0 amide bonds. The van der Waals surface area contributed by atoms with Crippen LogP contribution in [0.4, 0.5) is 0 Å². The highest BCUT2D eigenvalue weighted by Crippen LogP contribution is 2.18. The van der Waals surface area contributed by atoms with Gasteiger partial charge in [-0.25, -0.2) is 0 Å². The number of rotatable bonds is 5. The molecule has 0 atom stereocenters. The summed E-state index contributed by atoms with van der Waals surface area (Å²) < 4.78 is 5.66. The van der Waals surface area contributed by atoms with E-state index < -0.39 is 0 Å². The molecule has 106 valence electrons. The van der Waals surface area contributed by atoms with E-state index >= 15 is 0 Å².